The molecule has 25 heavy (non-hydrogen) atoms. The van der Waals surface area contributed by atoms with Gasteiger partial charge in [0.15, 0.2) is 5.16 Å². The van der Waals surface area contributed by atoms with Crippen LogP contribution in [-0.4, -0.2) is 24.7 Å². The molecule has 0 aliphatic heterocycles. The fourth-order valence-corrected chi connectivity index (χ4v) is 3.20. The van der Waals surface area contributed by atoms with E-state index < -0.39 is 11.9 Å². The van der Waals surface area contributed by atoms with Gasteiger partial charge in [-0.3, -0.25) is 4.57 Å². The molecule has 1 aromatic carbocycles. The second kappa shape index (κ2) is 6.14. The zero-order valence-electron chi connectivity index (χ0n) is 12.8. The van der Waals surface area contributed by atoms with Crippen LogP contribution >= 0.6 is 11.8 Å². The molecular weight excluding hydrogens is 351 g/mol. The summed E-state index contributed by atoms with van der Waals surface area (Å²) >= 11 is 0.972. The van der Waals surface area contributed by atoms with Crippen molar-refractivity contribution < 1.29 is 13.2 Å². The first kappa shape index (κ1) is 16.1. The Morgan fingerprint density at radius 2 is 1.80 bits per heavy atom. The third kappa shape index (κ3) is 3.37. The average molecular weight is 363 g/mol. The van der Waals surface area contributed by atoms with Gasteiger partial charge in [0.25, 0.3) is 0 Å². The molecule has 128 valence electrons. The van der Waals surface area contributed by atoms with Gasteiger partial charge in [-0.15, -0.1) is 10.2 Å². The summed E-state index contributed by atoms with van der Waals surface area (Å²) < 4.78 is 40.4. The van der Waals surface area contributed by atoms with Gasteiger partial charge in [0.1, 0.15) is 11.5 Å². The Kier molecular flexibility index (Phi) is 3.95. The highest BCUT2D eigenvalue weighted by molar-refractivity contribution is 7.99. The molecule has 9 heteroatoms. The molecule has 2 heterocycles. The summed E-state index contributed by atoms with van der Waals surface area (Å²) in [5.41, 5.74) is -0.109. The molecule has 1 aliphatic carbocycles. The molecule has 5 nitrogen and oxygen atoms in total. The molecule has 0 amide bonds. The summed E-state index contributed by atoms with van der Waals surface area (Å²) in [5, 5.41) is 8.83. The first-order chi connectivity index (χ1) is 12.0. The lowest BCUT2D eigenvalue weighted by molar-refractivity contribution is -0.141. The standard InChI is InChI=1S/C16H12F3N5S/c17-16(18,19)12-8-9-20-14(21-12)25-15-23-22-13(10-6-7-10)24(15)11-4-2-1-3-5-11/h1-5,8-10H,6-7H2. The Hall–Kier alpha value is -2.42. The molecule has 1 fully saturated rings. The summed E-state index contributed by atoms with van der Waals surface area (Å²) in [6, 6.07) is 10.3. The lowest BCUT2D eigenvalue weighted by atomic mass is 10.3. The van der Waals surface area contributed by atoms with E-state index in [9.17, 15) is 13.2 Å². The van der Waals surface area contributed by atoms with Crippen LogP contribution in [0.5, 0.6) is 0 Å². The van der Waals surface area contributed by atoms with E-state index in [4.69, 9.17) is 0 Å². The Morgan fingerprint density at radius 3 is 2.48 bits per heavy atom. The van der Waals surface area contributed by atoms with Crippen LogP contribution in [0.3, 0.4) is 0 Å². The maximum absolute atomic E-state index is 12.8. The van der Waals surface area contributed by atoms with Gasteiger partial charge in [-0.1, -0.05) is 18.2 Å². The summed E-state index contributed by atoms with van der Waals surface area (Å²) in [5.74, 6) is 1.16. The van der Waals surface area contributed by atoms with Gasteiger partial charge in [0, 0.05) is 17.8 Å². The lowest BCUT2D eigenvalue weighted by Gasteiger charge is -2.10. The number of aromatic nitrogens is 5. The van der Waals surface area contributed by atoms with Crippen molar-refractivity contribution in [3.63, 3.8) is 0 Å². The fourth-order valence-electron chi connectivity index (χ4n) is 2.40. The number of nitrogens with zero attached hydrogens (tertiary/aromatic N) is 5. The summed E-state index contributed by atoms with van der Waals surface area (Å²) in [6.45, 7) is 0. The highest BCUT2D eigenvalue weighted by Gasteiger charge is 2.34. The maximum atomic E-state index is 12.8. The monoisotopic (exact) mass is 363 g/mol. The number of benzene rings is 1. The van der Waals surface area contributed by atoms with Crippen molar-refractivity contribution in [2.75, 3.05) is 0 Å². The molecule has 2 aromatic heterocycles. The van der Waals surface area contributed by atoms with Crippen molar-refractivity contribution in [3.8, 4) is 5.69 Å². The van der Waals surface area contributed by atoms with Gasteiger partial charge in [0.2, 0.25) is 5.16 Å². The van der Waals surface area contributed by atoms with Crippen LogP contribution in [0.1, 0.15) is 30.3 Å². The van der Waals surface area contributed by atoms with Crippen molar-refractivity contribution in [1.82, 2.24) is 24.7 Å². The van der Waals surface area contributed by atoms with Gasteiger partial charge >= 0.3 is 6.18 Å². The molecule has 0 radical (unpaired) electrons. The fraction of sp³-hybridized carbons (Fsp3) is 0.250. The smallest absolute Gasteiger partial charge is 0.273 e. The topological polar surface area (TPSA) is 56.5 Å². The van der Waals surface area contributed by atoms with Crippen LogP contribution in [0.15, 0.2) is 52.9 Å². The van der Waals surface area contributed by atoms with Gasteiger partial charge in [-0.05, 0) is 42.8 Å². The number of halogens is 3. The number of alkyl halides is 3. The number of rotatable bonds is 4. The lowest BCUT2D eigenvalue weighted by Crippen LogP contribution is -2.09. The predicted molar refractivity (Wildman–Crippen MR) is 84.5 cm³/mol. The Bertz CT molecular complexity index is 890. The molecule has 4 rings (SSSR count). The quantitative estimate of drug-likeness (QED) is 0.653. The van der Waals surface area contributed by atoms with Crippen LogP contribution in [0.4, 0.5) is 13.2 Å². The minimum absolute atomic E-state index is 0.0123. The molecule has 0 unspecified atom stereocenters. The van der Waals surface area contributed by atoms with Crippen molar-refractivity contribution in [2.24, 2.45) is 0 Å². The molecule has 0 saturated heterocycles. The SMILES string of the molecule is FC(F)(F)c1ccnc(Sc2nnc(C3CC3)n2-c2ccccc2)n1. The highest BCUT2D eigenvalue weighted by Crippen LogP contribution is 2.41. The summed E-state index contributed by atoms with van der Waals surface area (Å²) in [7, 11) is 0. The molecule has 0 spiro atoms. The Morgan fingerprint density at radius 1 is 1.04 bits per heavy atom. The van der Waals surface area contributed by atoms with Gasteiger partial charge < -0.3 is 0 Å². The number of hydrogen-bond acceptors (Lipinski definition) is 5. The third-order valence-electron chi connectivity index (χ3n) is 3.72. The van der Waals surface area contributed by atoms with E-state index in [0.717, 1.165) is 48.4 Å². The summed E-state index contributed by atoms with van der Waals surface area (Å²) in [4.78, 5) is 7.51. The predicted octanol–water partition coefficient (Wildman–Crippen LogP) is 4.10. The largest absolute Gasteiger partial charge is 0.433 e. The van der Waals surface area contributed by atoms with E-state index >= 15 is 0 Å². The molecule has 1 saturated carbocycles. The van der Waals surface area contributed by atoms with Gasteiger partial charge in [-0.2, -0.15) is 13.2 Å². The minimum Gasteiger partial charge on any atom is -0.273 e. The van der Waals surface area contributed by atoms with E-state index in [-0.39, 0.29) is 5.16 Å². The maximum Gasteiger partial charge on any atom is 0.433 e. The molecule has 3 aromatic rings. The van der Waals surface area contributed by atoms with E-state index in [1.807, 2.05) is 34.9 Å². The van der Waals surface area contributed by atoms with Crippen molar-refractivity contribution in [2.45, 2.75) is 35.2 Å². The van der Waals surface area contributed by atoms with Gasteiger partial charge in [0.05, 0.1) is 0 Å². The van der Waals surface area contributed by atoms with Crippen LogP contribution in [0, 0.1) is 0 Å². The molecule has 1 aliphatic rings. The normalized spacial score (nSPS) is 14.7. The average Bonchev–Trinajstić information content (AvgIpc) is 3.36. The van der Waals surface area contributed by atoms with Crippen molar-refractivity contribution >= 4 is 11.8 Å². The Labute approximate surface area is 145 Å². The number of hydrogen-bond donors (Lipinski definition) is 0. The summed E-state index contributed by atoms with van der Waals surface area (Å²) in [6.07, 6.45) is -1.33. The van der Waals surface area contributed by atoms with Crippen molar-refractivity contribution in [1.29, 1.82) is 0 Å². The van der Waals surface area contributed by atoms with E-state index in [2.05, 4.69) is 20.2 Å². The van der Waals surface area contributed by atoms with E-state index in [1.165, 1.54) is 0 Å². The third-order valence-corrected chi connectivity index (χ3v) is 4.55. The zero-order chi connectivity index (χ0) is 17.4. The minimum atomic E-state index is -4.51. The second-order valence-corrected chi connectivity index (χ2v) is 6.54. The van der Waals surface area contributed by atoms with Gasteiger partial charge in [-0.25, -0.2) is 9.97 Å². The van der Waals surface area contributed by atoms with E-state index in [1.54, 1.807) is 0 Å². The molecule has 0 atom stereocenters. The zero-order valence-corrected chi connectivity index (χ0v) is 13.6. The van der Waals surface area contributed by atoms with Crippen LogP contribution in [0.25, 0.3) is 5.69 Å². The highest BCUT2D eigenvalue weighted by atomic mass is 32.2. The molecule has 0 N–H and O–H groups in total. The van der Waals surface area contributed by atoms with Crippen LogP contribution in [0.2, 0.25) is 0 Å². The molecule has 0 bridgehead atoms. The first-order valence-electron chi connectivity index (χ1n) is 7.61. The second-order valence-electron chi connectivity index (χ2n) is 5.61. The number of para-hydroxylation sites is 1. The van der Waals surface area contributed by atoms with Crippen molar-refractivity contribution in [3.05, 3.63) is 54.1 Å². The first-order valence-corrected chi connectivity index (χ1v) is 8.43. The Balaban J connectivity index is 1.72. The van der Waals surface area contributed by atoms with E-state index in [0.29, 0.717) is 11.1 Å². The molecular formula is C16H12F3N5S. The van der Waals surface area contributed by atoms with Crippen LogP contribution < -0.4 is 0 Å². The van der Waals surface area contributed by atoms with Crippen LogP contribution in [-0.2, 0) is 6.18 Å².